The summed E-state index contributed by atoms with van der Waals surface area (Å²) in [4.78, 5) is 9.44. The number of anilines is 2. The highest BCUT2D eigenvalue weighted by molar-refractivity contribution is 9.14. The third kappa shape index (κ3) is 3.47. The van der Waals surface area contributed by atoms with Gasteiger partial charge in [-0.15, -0.1) is 0 Å². The second-order valence-corrected chi connectivity index (χ2v) is 9.74. The van der Waals surface area contributed by atoms with Crippen molar-refractivity contribution in [1.82, 2.24) is 4.90 Å². The molecule has 0 radical (unpaired) electrons. The average molecular weight is 569 g/mol. The van der Waals surface area contributed by atoms with Gasteiger partial charge in [-0.05, 0) is 74.0 Å². The normalized spacial score (nSPS) is 19.4. The molecule has 0 unspecified atom stereocenters. The van der Waals surface area contributed by atoms with Gasteiger partial charge in [-0.25, -0.2) is 0 Å². The number of nitrogens with zero attached hydrogens (tertiary/aromatic N) is 3. The van der Waals surface area contributed by atoms with Crippen molar-refractivity contribution in [1.29, 1.82) is 0 Å². The number of hydrogen-bond donors (Lipinski definition) is 1. The zero-order valence-electron chi connectivity index (χ0n) is 16.0. The molecule has 146 valence electrons. The molecule has 2 heterocycles. The van der Waals surface area contributed by atoms with Gasteiger partial charge < -0.3 is 15.1 Å². The fraction of sp³-hybridized carbons (Fsp3) is 0.286. The Morgan fingerprint density at radius 1 is 1.11 bits per heavy atom. The number of para-hydroxylation sites is 1. The van der Waals surface area contributed by atoms with E-state index < -0.39 is 0 Å². The number of allylic oxidation sites excluding steroid dienone is 1. The molecule has 2 aliphatic rings. The fourth-order valence-corrected chi connectivity index (χ4v) is 5.40. The van der Waals surface area contributed by atoms with Crippen LogP contribution in [0.4, 0.5) is 11.4 Å². The molecule has 2 aromatic rings. The van der Waals surface area contributed by atoms with Crippen molar-refractivity contribution in [3.8, 4) is 0 Å². The van der Waals surface area contributed by atoms with Gasteiger partial charge in [0.2, 0.25) is 0 Å². The lowest BCUT2D eigenvalue weighted by atomic mass is 10.0. The van der Waals surface area contributed by atoms with E-state index in [0.29, 0.717) is 0 Å². The quantitative estimate of drug-likeness (QED) is 0.488. The molecule has 4 rings (SSSR count). The third-order valence-corrected chi connectivity index (χ3v) is 8.32. The summed E-state index contributed by atoms with van der Waals surface area (Å²) in [6.07, 6.45) is 0. The molecule has 0 amide bonds. The molecule has 1 N–H and O–H groups in total. The highest BCUT2D eigenvalue weighted by atomic mass is 79.9. The smallest absolute Gasteiger partial charge is 0.0906 e. The van der Waals surface area contributed by atoms with Crippen molar-refractivity contribution in [3.63, 3.8) is 0 Å². The van der Waals surface area contributed by atoms with Gasteiger partial charge in [0.05, 0.1) is 28.1 Å². The van der Waals surface area contributed by atoms with E-state index in [1.165, 1.54) is 22.4 Å². The van der Waals surface area contributed by atoms with E-state index in [1.54, 1.807) is 0 Å². The molecule has 4 nitrogen and oxygen atoms in total. The summed E-state index contributed by atoms with van der Waals surface area (Å²) >= 11 is 11.1. The van der Waals surface area contributed by atoms with Crippen molar-refractivity contribution in [2.45, 2.75) is 0 Å². The summed E-state index contributed by atoms with van der Waals surface area (Å²) in [5.74, 6) is 0. The van der Waals surface area contributed by atoms with Crippen LogP contribution in [-0.2, 0) is 0 Å². The number of nitrogens with one attached hydrogen (secondary N) is 1. The Hall–Kier alpha value is -1.15. The lowest BCUT2D eigenvalue weighted by Gasteiger charge is -2.14. The van der Waals surface area contributed by atoms with Crippen molar-refractivity contribution in [2.75, 3.05) is 51.0 Å². The van der Waals surface area contributed by atoms with E-state index in [4.69, 9.17) is 4.99 Å². The van der Waals surface area contributed by atoms with Crippen LogP contribution < -0.4 is 10.2 Å². The van der Waals surface area contributed by atoms with E-state index in [9.17, 15) is 0 Å². The largest absolute Gasteiger partial charge is 0.369 e. The Kier molecular flexibility index (Phi) is 5.71. The molecule has 7 heteroatoms. The maximum atomic E-state index is 4.99. The van der Waals surface area contributed by atoms with Crippen molar-refractivity contribution >= 4 is 70.4 Å². The first-order valence-electron chi connectivity index (χ1n) is 9.06. The molecule has 0 fully saturated rings. The van der Waals surface area contributed by atoms with E-state index >= 15 is 0 Å². The zero-order chi connectivity index (χ0) is 20.0. The summed E-state index contributed by atoms with van der Waals surface area (Å²) in [6.45, 7) is 2.53. The highest BCUT2D eigenvalue weighted by Gasteiger charge is 2.33. The number of rotatable bonds is 3. The van der Waals surface area contributed by atoms with Gasteiger partial charge in [-0.1, -0.05) is 18.2 Å². The van der Waals surface area contributed by atoms with E-state index in [-0.39, 0.29) is 0 Å². The maximum absolute atomic E-state index is 4.99. The molecule has 28 heavy (non-hydrogen) atoms. The summed E-state index contributed by atoms with van der Waals surface area (Å²) in [7, 11) is 6.29. The first-order valence-corrected chi connectivity index (χ1v) is 11.4. The lowest BCUT2D eigenvalue weighted by molar-refractivity contribution is 0.420. The number of benzene rings is 2. The van der Waals surface area contributed by atoms with Crippen LogP contribution in [0.1, 0.15) is 11.1 Å². The van der Waals surface area contributed by atoms with Crippen LogP contribution in [-0.4, -0.2) is 51.4 Å². The van der Waals surface area contributed by atoms with Gasteiger partial charge in [0.25, 0.3) is 0 Å². The van der Waals surface area contributed by atoms with Crippen LogP contribution in [0.25, 0.3) is 5.57 Å². The second-order valence-electron chi connectivity index (χ2n) is 7.30. The summed E-state index contributed by atoms with van der Waals surface area (Å²) in [5, 5.41) is 3.65. The number of hydrogen-bond acceptors (Lipinski definition) is 4. The number of fused-ring (bicyclic) bond motifs is 2. The van der Waals surface area contributed by atoms with E-state index in [1.807, 2.05) is 0 Å². The Morgan fingerprint density at radius 2 is 1.86 bits per heavy atom. The Morgan fingerprint density at radius 3 is 2.61 bits per heavy atom. The van der Waals surface area contributed by atoms with E-state index in [2.05, 4.69) is 114 Å². The molecular formula is C21H21Br3N4. The summed E-state index contributed by atoms with van der Waals surface area (Å²) in [6, 6.07) is 10.6. The summed E-state index contributed by atoms with van der Waals surface area (Å²) in [5.41, 5.74) is 8.17. The van der Waals surface area contributed by atoms with Crippen molar-refractivity contribution in [2.24, 2.45) is 4.99 Å². The van der Waals surface area contributed by atoms with Crippen molar-refractivity contribution < 1.29 is 0 Å². The van der Waals surface area contributed by atoms with Crippen LogP contribution in [0, 0.1) is 0 Å². The molecule has 0 aliphatic carbocycles. The standard InChI is InChI=1S/C21H21Br3N4/c1-27(2)9-8-25-19-12-6-4-5-7-16(12)26-20(19)14-11-28(3)21-13(14)10-15(22)17(23)18(21)24/h4-7,10,26H,8-9,11H2,1-3H3/b20-14+,25-19?. The maximum Gasteiger partial charge on any atom is 0.0906 e. The van der Waals surface area contributed by atoms with Crippen LogP contribution >= 0.6 is 47.8 Å². The SMILES string of the molecule is CN(C)CCN=C1/C(=C2/CN(C)c3c2cc(Br)c(Br)c3Br)Nc2ccccc21. The van der Waals surface area contributed by atoms with E-state index in [0.717, 1.165) is 50.1 Å². The molecule has 0 atom stereocenters. The first-order chi connectivity index (χ1) is 13.4. The Labute approximate surface area is 191 Å². The van der Waals surface area contributed by atoms with Gasteiger partial charge in [0.1, 0.15) is 0 Å². The Balaban J connectivity index is 1.88. The van der Waals surface area contributed by atoms with Crippen LogP contribution in [0.15, 0.2) is 54.4 Å². The molecule has 0 saturated carbocycles. The number of aliphatic imine (C=N–C) groups is 1. The van der Waals surface area contributed by atoms with Gasteiger partial charge in [-0.3, -0.25) is 4.99 Å². The predicted molar refractivity (Wildman–Crippen MR) is 130 cm³/mol. The summed E-state index contributed by atoms with van der Waals surface area (Å²) < 4.78 is 3.14. The Bertz CT molecular complexity index is 1010. The zero-order valence-corrected chi connectivity index (χ0v) is 20.7. The van der Waals surface area contributed by atoms with Crippen LogP contribution in [0.3, 0.4) is 0 Å². The van der Waals surface area contributed by atoms with Crippen LogP contribution in [0.5, 0.6) is 0 Å². The molecular weight excluding hydrogens is 548 g/mol. The topological polar surface area (TPSA) is 30.9 Å². The number of halogens is 3. The molecule has 0 spiro atoms. The van der Waals surface area contributed by atoms with Gasteiger partial charge in [-0.2, -0.15) is 0 Å². The first kappa shape index (κ1) is 20.1. The molecule has 0 aromatic heterocycles. The fourth-order valence-electron chi connectivity index (χ4n) is 3.68. The monoisotopic (exact) mass is 566 g/mol. The second kappa shape index (κ2) is 7.94. The van der Waals surface area contributed by atoms with Crippen molar-refractivity contribution in [3.05, 3.63) is 60.6 Å². The van der Waals surface area contributed by atoms with Gasteiger partial charge in [0.15, 0.2) is 0 Å². The molecule has 2 aliphatic heterocycles. The highest BCUT2D eigenvalue weighted by Crippen LogP contribution is 2.48. The lowest BCUT2D eigenvalue weighted by Crippen LogP contribution is -2.18. The van der Waals surface area contributed by atoms with Gasteiger partial charge >= 0.3 is 0 Å². The predicted octanol–water partition coefficient (Wildman–Crippen LogP) is 5.61. The number of likely N-dealkylation sites (N-methyl/N-ethyl adjacent to an activating group) is 2. The minimum atomic E-state index is 0.769. The molecule has 2 aromatic carbocycles. The third-order valence-electron chi connectivity index (χ3n) is 5.04. The minimum absolute atomic E-state index is 0.769. The average Bonchev–Trinajstić information content (AvgIpc) is 3.17. The molecule has 0 saturated heterocycles. The molecule has 0 bridgehead atoms. The van der Waals surface area contributed by atoms with Gasteiger partial charge in [0, 0.05) is 51.5 Å². The van der Waals surface area contributed by atoms with Crippen LogP contribution in [0.2, 0.25) is 0 Å². The minimum Gasteiger partial charge on any atom is -0.369 e.